The van der Waals surface area contributed by atoms with Crippen LogP contribution in [0.25, 0.3) is 16.7 Å². The number of halogens is 2. The molecule has 0 radical (unpaired) electrons. The van der Waals surface area contributed by atoms with Crippen molar-refractivity contribution in [1.82, 2.24) is 14.8 Å². The maximum absolute atomic E-state index is 13.7. The van der Waals surface area contributed by atoms with Gasteiger partial charge in [0.1, 0.15) is 18.0 Å². The molecule has 36 heavy (non-hydrogen) atoms. The Balaban J connectivity index is 1.80. The van der Waals surface area contributed by atoms with Gasteiger partial charge in [-0.3, -0.25) is 13.7 Å². The van der Waals surface area contributed by atoms with E-state index in [1.54, 1.807) is 67.9 Å². The third-order valence-electron chi connectivity index (χ3n) is 5.00. The molecular weight excluding hydrogens is 525 g/mol. The summed E-state index contributed by atoms with van der Waals surface area (Å²) in [7, 11) is -4.25. The molecule has 0 aliphatic rings. The number of anilines is 2. The number of nitrogens with zero attached hydrogens (tertiary/aromatic N) is 4. The van der Waals surface area contributed by atoms with Gasteiger partial charge in [-0.15, -0.1) is 10.2 Å². The van der Waals surface area contributed by atoms with E-state index in [1.807, 2.05) is 0 Å². The number of sulfonamides is 1. The SMILES string of the molecule is CC(C)(C)OC(=O)CN(c1ccc2c(ccn2-c2ccc(N)nn2)c1)S(=O)(=O)c1cc(Cl)cc(Cl)c1. The first-order chi connectivity index (χ1) is 16.8. The van der Waals surface area contributed by atoms with Crippen molar-refractivity contribution in [2.45, 2.75) is 31.3 Å². The number of nitrogens with two attached hydrogens (primary N) is 1. The molecule has 188 valence electrons. The van der Waals surface area contributed by atoms with Crippen molar-refractivity contribution in [3.63, 3.8) is 0 Å². The summed E-state index contributed by atoms with van der Waals surface area (Å²) in [6.07, 6.45) is 1.78. The van der Waals surface area contributed by atoms with Gasteiger partial charge in [-0.2, -0.15) is 0 Å². The summed E-state index contributed by atoms with van der Waals surface area (Å²) in [5.41, 5.74) is 5.84. The monoisotopic (exact) mass is 547 g/mol. The molecule has 4 rings (SSSR count). The van der Waals surface area contributed by atoms with Crippen LogP contribution in [0, 0.1) is 0 Å². The average Bonchev–Trinajstić information content (AvgIpc) is 3.19. The highest BCUT2D eigenvalue weighted by atomic mass is 35.5. The van der Waals surface area contributed by atoms with E-state index >= 15 is 0 Å². The molecule has 0 saturated carbocycles. The van der Waals surface area contributed by atoms with Crippen LogP contribution >= 0.6 is 23.2 Å². The molecule has 2 N–H and O–H groups in total. The number of hydrogen-bond donors (Lipinski definition) is 1. The van der Waals surface area contributed by atoms with Crippen LogP contribution in [0.2, 0.25) is 10.0 Å². The highest BCUT2D eigenvalue weighted by Gasteiger charge is 2.30. The van der Waals surface area contributed by atoms with E-state index in [2.05, 4.69) is 10.2 Å². The molecule has 0 unspecified atom stereocenters. The summed E-state index contributed by atoms with van der Waals surface area (Å²) < 4.78 is 35.6. The first kappa shape index (κ1) is 25.7. The summed E-state index contributed by atoms with van der Waals surface area (Å²) in [4.78, 5) is 12.6. The average molecular weight is 548 g/mol. The molecule has 0 aliphatic carbocycles. The first-order valence-corrected chi connectivity index (χ1v) is 12.9. The van der Waals surface area contributed by atoms with Crippen molar-refractivity contribution in [3.05, 3.63) is 70.8 Å². The maximum Gasteiger partial charge on any atom is 0.327 e. The largest absolute Gasteiger partial charge is 0.459 e. The predicted molar refractivity (Wildman–Crippen MR) is 140 cm³/mol. The number of carbonyl (C=O) groups is 1. The Morgan fingerprint density at radius 1 is 1.03 bits per heavy atom. The summed E-state index contributed by atoms with van der Waals surface area (Å²) >= 11 is 12.1. The van der Waals surface area contributed by atoms with Gasteiger partial charge in [0, 0.05) is 21.6 Å². The van der Waals surface area contributed by atoms with Gasteiger partial charge in [0.05, 0.1) is 16.1 Å². The fourth-order valence-corrected chi connectivity index (χ4v) is 5.69. The number of fused-ring (bicyclic) bond motifs is 1. The van der Waals surface area contributed by atoms with Gasteiger partial charge in [0.15, 0.2) is 5.82 Å². The van der Waals surface area contributed by atoms with Crippen molar-refractivity contribution in [2.75, 3.05) is 16.6 Å². The third-order valence-corrected chi connectivity index (χ3v) is 7.18. The lowest BCUT2D eigenvalue weighted by atomic mass is 10.2. The summed E-state index contributed by atoms with van der Waals surface area (Å²) in [6, 6.07) is 14.1. The van der Waals surface area contributed by atoms with Crippen LogP contribution in [0.4, 0.5) is 11.5 Å². The van der Waals surface area contributed by atoms with Crippen molar-refractivity contribution in [3.8, 4) is 5.82 Å². The summed E-state index contributed by atoms with van der Waals surface area (Å²) in [6.45, 7) is 4.56. The van der Waals surface area contributed by atoms with E-state index in [9.17, 15) is 13.2 Å². The predicted octanol–water partition coefficient (Wildman–Crippen LogP) is 4.85. The molecule has 0 saturated heterocycles. The molecule has 2 heterocycles. The molecule has 2 aromatic heterocycles. The van der Waals surface area contributed by atoms with Gasteiger partial charge in [-0.25, -0.2) is 8.42 Å². The van der Waals surface area contributed by atoms with E-state index in [4.69, 9.17) is 33.7 Å². The molecule has 0 atom stereocenters. The Kier molecular flexibility index (Phi) is 6.87. The van der Waals surface area contributed by atoms with Gasteiger partial charge in [0.2, 0.25) is 0 Å². The zero-order chi connectivity index (χ0) is 26.3. The van der Waals surface area contributed by atoms with E-state index in [1.165, 1.54) is 18.2 Å². The second-order valence-corrected chi connectivity index (χ2v) is 11.7. The van der Waals surface area contributed by atoms with Crippen LogP contribution < -0.4 is 10.0 Å². The normalized spacial score (nSPS) is 12.0. The minimum atomic E-state index is -4.25. The Morgan fingerprint density at radius 2 is 1.72 bits per heavy atom. The molecule has 12 heteroatoms. The standard InChI is InChI=1S/C24H23Cl2N5O4S/c1-24(2,3)35-23(32)14-31(36(33,34)19-12-16(25)11-17(26)13-19)18-4-5-20-15(10-18)8-9-30(20)22-7-6-21(27)28-29-22/h4-13H,14H2,1-3H3,(H2,27,28). The van der Waals surface area contributed by atoms with Gasteiger partial charge < -0.3 is 10.5 Å². The molecule has 4 aromatic rings. The Hall–Kier alpha value is -3.34. The molecule has 2 aromatic carbocycles. The first-order valence-electron chi connectivity index (χ1n) is 10.7. The Morgan fingerprint density at radius 3 is 2.33 bits per heavy atom. The van der Waals surface area contributed by atoms with Crippen LogP contribution in [0.5, 0.6) is 0 Å². The third kappa shape index (κ3) is 5.56. The zero-order valence-corrected chi connectivity index (χ0v) is 22.0. The number of hydrogen-bond acceptors (Lipinski definition) is 7. The van der Waals surface area contributed by atoms with E-state index < -0.39 is 28.1 Å². The number of aromatic nitrogens is 3. The van der Waals surface area contributed by atoms with Gasteiger partial charge >= 0.3 is 5.97 Å². The second-order valence-electron chi connectivity index (χ2n) is 8.95. The number of esters is 1. The fourth-order valence-electron chi connectivity index (χ4n) is 3.56. The van der Waals surface area contributed by atoms with Crippen molar-refractivity contribution in [1.29, 1.82) is 0 Å². The highest BCUT2D eigenvalue weighted by Crippen LogP contribution is 2.31. The number of carbonyl (C=O) groups excluding carboxylic acids is 1. The lowest BCUT2D eigenvalue weighted by molar-refractivity contribution is -0.152. The summed E-state index contributed by atoms with van der Waals surface area (Å²) in [5, 5.41) is 8.97. The Bertz CT molecular complexity index is 1530. The zero-order valence-electron chi connectivity index (χ0n) is 19.6. The summed E-state index contributed by atoms with van der Waals surface area (Å²) in [5.74, 6) is 0.120. The van der Waals surface area contributed by atoms with E-state index in [-0.39, 0.29) is 20.6 Å². The van der Waals surface area contributed by atoms with Crippen LogP contribution in [-0.2, 0) is 19.6 Å². The fraction of sp³-hybridized carbons (Fsp3) is 0.208. The van der Waals surface area contributed by atoms with Gasteiger partial charge in [0.25, 0.3) is 10.0 Å². The van der Waals surface area contributed by atoms with Crippen molar-refractivity contribution < 1.29 is 17.9 Å². The van der Waals surface area contributed by atoms with Crippen LogP contribution in [-0.4, -0.2) is 41.3 Å². The van der Waals surface area contributed by atoms with Gasteiger partial charge in [-0.1, -0.05) is 23.2 Å². The van der Waals surface area contributed by atoms with Crippen LogP contribution in [0.1, 0.15) is 20.8 Å². The van der Waals surface area contributed by atoms with Gasteiger partial charge in [-0.05, 0) is 75.4 Å². The quantitative estimate of drug-likeness (QED) is 0.342. The van der Waals surface area contributed by atoms with Crippen LogP contribution in [0.15, 0.2) is 65.7 Å². The topological polar surface area (TPSA) is 120 Å². The minimum Gasteiger partial charge on any atom is -0.459 e. The van der Waals surface area contributed by atoms with Crippen molar-refractivity contribution in [2.24, 2.45) is 0 Å². The molecule has 0 spiro atoms. The molecule has 0 amide bonds. The lowest BCUT2D eigenvalue weighted by Crippen LogP contribution is -2.39. The number of rotatable bonds is 6. The van der Waals surface area contributed by atoms with E-state index in [0.29, 0.717) is 17.0 Å². The van der Waals surface area contributed by atoms with Crippen molar-refractivity contribution >= 4 is 61.6 Å². The van der Waals surface area contributed by atoms with Crippen LogP contribution in [0.3, 0.4) is 0 Å². The molecule has 0 fully saturated rings. The molecule has 0 aliphatic heterocycles. The number of ether oxygens (including phenoxy) is 1. The van der Waals surface area contributed by atoms with E-state index in [0.717, 1.165) is 9.82 Å². The maximum atomic E-state index is 13.7. The smallest absolute Gasteiger partial charge is 0.327 e. The Labute approximate surface area is 218 Å². The lowest BCUT2D eigenvalue weighted by Gasteiger charge is -2.26. The molecule has 0 bridgehead atoms. The molecule has 9 nitrogen and oxygen atoms in total. The highest BCUT2D eigenvalue weighted by molar-refractivity contribution is 7.92. The molecular formula is C24H23Cl2N5O4S. The minimum absolute atomic E-state index is 0.149. The number of nitrogen functional groups attached to an aromatic ring is 1. The number of benzene rings is 2. The second kappa shape index (κ2) is 9.61.